The van der Waals surface area contributed by atoms with Gasteiger partial charge >= 0.3 is 0 Å². The molecule has 3 nitrogen and oxygen atoms in total. The van der Waals surface area contributed by atoms with Gasteiger partial charge in [-0.1, -0.05) is 19.1 Å². The fourth-order valence-electron chi connectivity index (χ4n) is 3.24. The molecule has 19 heavy (non-hydrogen) atoms. The summed E-state index contributed by atoms with van der Waals surface area (Å²) in [5.74, 6) is 0.352. The average Bonchev–Trinajstić information content (AvgIpc) is 2.80. The molecular formula is C16H26N2O. The maximum atomic E-state index is 9.43. The molecule has 1 aliphatic heterocycles. The molecule has 0 aliphatic carbocycles. The highest BCUT2D eigenvalue weighted by Crippen LogP contribution is 2.32. The Morgan fingerprint density at radius 3 is 2.58 bits per heavy atom. The van der Waals surface area contributed by atoms with Gasteiger partial charge in [0, 0.05) is 18.6 Å². The fourth-order valence-corrected chi connectivity index (χ4v) is 3.24. The molecule has 1 fully saturated rings. The number of benzene rings is 1. The lowest BCUT2D eigenvalue weighted by molar-refractivity contribution is 0.148. The molecule has 0 aromatic heterocycles. The molecule has 1 aliphatic rings. The van der Waals surface area contributed by atoms with E-state index in [2.05, 4.69) is 43.0 Å². The lowest BCUT2D eigenvalue weighted by atomic mass is 10.0. The Kier molecular flexibility index (Phi) is 4.83. The van der Waals surface area contributed by atoms with Crippen molar-refractivity contribution in [1.29, 1.82) is 0 Å². The van der Waals surface area contributed by atoms with E-state index in [1.165, 1.54) is 24.9 Å². The van der Waals surface area contributed by atoms with Crippen LogP contribution in [0, 0.1) is 0 Å². The number of phenols is 1. The summed E-state index contributed by atoms with van der Waals surface area (Å²) in [7, 11) is 4.30. The second kappa shape index (κ2) is 6.40. The third kappa shape index (κ3) is 3.48. The van der Waals surface area contributed by atoms with E-state index in [0.29, 0.717) is 17.8 Å². The average molecular weight is 262 g/mol. The largest absolute Gasteiger partial charge is 0.508 e. The molecule has 1 heterocycles. The SMILES string of the molecule is CCC(c1ccc(O)cc1)N1CCCC1CN(C)C. The summed E-state index contributed by atoms with van der Waals surface area (Å²) in [5, 5.41) is 9.43. The Morgan fingerprint density at radius 1 is 1.32 bits per heavy atom. The van der Waals surface area contributed by atoms with Crippen LogP contribution in [0.3, 0.4) is 0 Å². The summed E-state index contributed by atoms with van der Waals surface area (Å²) >= 11 is 0. The van der Waals surface area contributed by atoms with Gasteiger partial charge in [0.05, 0.1) is 0 Å². The molecule has 1 aromatic carbocycles. The molecular weight excluding hydrogens is 236 g/mol. The lowest BCUT2D eigenvalue weighted by Crippen LogP contribution is -2.39. The summed E-state index contributed by atoms with van der Waals surface area (Å²) in [4.78, 5) is 4.93. The highest BCUT2D eigenvalue weighted by Gasteiger charge is 2.30. The molecule has 0 radical (unpaired) electrons. The Labute approximate surface area is 116 Å². The zero-order valence-electron chi connectivity index (χ0n) is 12.3. The first kappa shape index (κ1) is 14.4. The molecule has 0 saturated carbocycles. The van der Waals surface area contributed by atoms with Gasteiger partial charge in [-0.05, 0) is 57.6 Å². The summed E-state index contributed by atoms with van der Waals surface area (Å²) in [6.45, 7) is 4.58. The first-order chi connectivity index (χ1) is 9.11. The van der Waals surface area contributed by atoms with E-state index in [9.17, 15) is 5.11 Å². The second-order valence-corrected chi connectivity index (χ2v) is 5.81. The van der Waals surface area contributed by atoms with Crippen molar-refractivity contribution in [1.82, 2.24) is 9.80 Å². The predicted molar refractivity (Wildman–Crippen MR) is 79.4 cm³/mol. The standard InChI is InChI=1S/C16H26N2O/c1-4-16(13-7-9-15(19)10-8-13)18-11-5-6-14(18)12-17(2)3/h7-10,14,16,19H,4-6,11-12H2,1-3H3. The minimum absolute atomic E-state index is 0.352. The maximum absolute atomic E-state index is 9.43. The molecule has 1 saturated heterocycles. The molecule has 106 valence electrons. The number of aromatic hydroxyl groups is 1. The van der Waals surface area contributed by atoms with Gasteiger partial charge in [0.15, 0.2) is 0 Å². The van der Waals surface area contributed by atoms with Crippen molar-refractivity contribution >= 4 is 0 Å². The zero-order valence-corrected chi connectivity index (χ0v) is 12.3. The zero-order chi connectivity index (χ0) is 13.8. The molecule has 0 amide bonds. The van der Waals surface area contributed by atoms with Crippen LogP contribution in [0.1, 0.15) is 37.8 Å². The van der Waals surface area contributed by atoms with Crippen molar-refractivity contribution in [3.63, 3.8) is 0 Å². The van der Waals surface area contributed by atoms with Crippen molar-refractivity contribution in [3.05, 3.63) is 29.8 Å². The van der Waals surface area contributed by atoms with Crippen molar-refractivity contribution in [3.8, 4) is 5.75 Å². The number of hydrogen-bond acceptors (Lipinski definition) is 3. The smallest absolute Gasteiger partial charge is 0.115 e. The van der Waals surface area contributed by atoms with Crippen LogP contribution in [-0.2, 0) is 0 Å². The number of likely N-dealkylation sites (N-methyl/N-ethyl adjacent to an activating group) is 1. The molecule has 2 unspecified atom stereocenters. The van der Waals surface area contributed by atoms with Gasteiger partial charge in [-0.25, -0.2) is 0 Å². The molecule has 1 aromatic rings. The molecule has 3 heteroatoms. The highest BCUT2D eigenvalue weighted by atomic mass is 16.3. The molecule has 1 N–H and O–H groups in total. The van der Waals surface area contributed by atoms with Crippen LogP contribution >= 0.6 is 0 Å². The predicted octanol–water partition coefficient (Wildman–Crippen LogP) is 2.87. The van der Waals surface area contributed by atoms with Crippen LogP contribution in [0.5, 0.6) is 5.75 Å². The number of hydrogen-bond donors (Lipinski definition) is 1. The van der Waals surface area contributed by atoms with E-state index in [0.717, 1.165) is 13.0 Å². The topological polar surface area (TPSA) is 26.7 Å². The molecule has 2 rings (SSSR count). The number of nitrogens with zero attached hydrogens (tertiary/aromatic N) is 2. The number of phenolic OH excluding ortho intramolecular Hbond substituents is 1. The summed E-state index contributed by atoms with van der Waals surface area (Å²) in [6.07, 6.45) is 3.72. The van der Waals surface area contributed by atoms with Crippen LogP contribution in [0.15, 0.2) is 24.3 Å². The Balaban J connectivity index is 2.14. The van der Waals surface area contributed by atoms with E-state index < -0.39 is 0 Å². The number of likely N-dealkylation sites (tertiary alicyclic amines) is 1. The first-order valence-corrected chi connectivity index (χ1v) is 7.31. The fraction of sp³-hybridized carbons (Fsp3) is 0.625. The van der Waals surface area contributed by atoms with Crippen molar-refractivity contribution < 1.29 is 5.11 Å². The minimum Gasteiger partial charge on any atom is -0.508 e. The highest BCUT2D eigenvalue weighted by molar-refractivity contribution is 5.28. The molecule has 2 atom stereocenters. The normalized spacial score (nSPS) is 22.0. The summed E-state index contributed by atoms with van der Waals surface area (Å²) in [5.41, 5.74) is 1.32. The van der Waals surface area contributed by atoms with Gasteiger partial charge in [-0.2, -0.15) is 0 Å². The van der Waals surface area contributed by atoms with Gasteiger partial charge < -0.3 is 10.0 Å². The van der Waals surface area contributed by atoms with Crippen molar-refractivity contribution in [2.75, 3.05) is 27.2 Å². The second-order valence-electron chi connectivity index (χ2n) is 5.81. The Morgan fingerprint density at radius 2 is 2.00 bits per heavy atom. The van der Waals surface area contributed by atoms with Gasteiger partial charge in [0.2, 0.25) is 0 Å². The molecule has 0 spiro atoms. The molecule has 0 bridgehead atoms. The van der Waals surface area contributed by atoms with E-state index >= 15 is 0 Å². The van der Waals surface area contributed by atoms with Crippen LogP contribution in [-0.4, -0.2) is 48.1 Å². The van der Waals surface area contributed by atoms with Crippen LogP contribution in [0.2, 0.25) is 0 Å². The minimum atomic E-state index is 0.352. The van der Waals surface area contributed by atoms with Crippen LogP contribution in [0.25, 0.3) is 0 Å². The lowest BCUT2D eigenvalue weighted by Gasteiger charge is -2.34. The Bertz CT molecular complexity index is 388. The monoisotopic (exact) mass is 262 g/mol. The third-order valence-electron chi connectivity index (χ3n) is 4.06. The maximum Gasteiger partial charge on any atom is 0.115 e. The van der Waals surface area contributed by atoms with Crippen molar-refractivity contribution in [2.45, 2.75) is 38.3 Å². The summed E-state index contributed by atoms with van der Waals surface area (Å²) < 4.78 is 0. The van der Waals surface area contributed by atoms with E-state index in [1.807, 2.05) is 0 Å². The van der Waals surface area contributed by atoms with E-state index in [4.69, 9.17) is 0 Å². The van der Waals surface area contributed by atoms with E-state index in [1.54, 1.807) is 12.1 Å². The third-order valence-corrected chi connectivity index (χ3v) is 4.06. The first-order valence-electron chi connectivity index (χ1n) is 7.31. The van der Waals surface area contributed by atoms with Crippen LogP contribution < -0.4 is 0 Å². The summed E-state index contributed by atoms with van der Waals surface area (Å²) in [6, 6.07) is 8.87. The van der Waals surface area contributed by atoms with Gasteiger partial charge in [-0.15, -0.1) is 0 Å². The Hall–Kier alpha value is -1.06. The van der Waals surface area contributed by atoms with Crippen LogP contribution in [0.4, 0.5) is 0 Å². The van der Waals surface area contributed by atoms with Gasteiger partial charge in [0.1, 0.15) is 5.75 Å². The van der Waals surface area contributed by atoms with Gasteiger partial charge in [0.25, 0.3) is 0 Å². The quantitative estimate of drug-likeness (QED) is 0.884. The van der Waals surface area contributed by atoms with Crippen molar-refractivity contribution in [2.24, 2.45) is 0 Å². The van der Waals surface area contributed by atoms with Gasteiger partial charge in [-0.3, -0.25) is 4.90 Å². The van der Waals surface area contributed by atoms with E-state index in [-0.39, 0.29) is 0 Å². The number of rotatable bonds is 5.